The van der Waals surface area contributed by atoms with Gasteiger partial charge in [-0.2, -0.15) is 5.10 Å². The second-order valence-electron chi connectivity index (χ2n) is 8.34. The van der Waals surface area contributed by atoms with E-state index in [1.165, 1.54) is 28.0 Å². The maximum atomic E-state index is 13.0. The first-order chi connectivity index (χ1) is 15.2. The molecule has 32 heavy (non-hydrogen) atoms. The largest absolute Gasteiger partial charge is 0.321 e. The lowest BCUT2D eigenvalue weighted by Gasteiger charge is -2.09. The number of hydrogen-bond donors (Lipinski definition) is 1. The van der Waals surface area contributed by atoms with Crippen molar-refractivity contribution in [2.24, 2.45) is 0 Å². The molecule has 0 saturated carbocycles. The van der Waals surface area contributed by atoms with Crippen molar-refractivity contribution in [1.82, 2.24) is 14.8 Å². The molecule has 0 spiro atoms. The Morgan fingerprint density at radius 1 is 0.969 bits per heavy atom. The monoisotopic (exact) mass is 444 g/mol. The van der Waals surface area contributed by atoms with E-state index >= 15 is 0 Å². The number of thiazole rings is 1. The standard InChI is InChI=1S/C26H28N4OS/c1-15-10-12-21(13-11-15)14-22-18(4)29-30(20(22)6)26-27-19(5)24(32-26)25(31)28-23-9-7-8-16(2)17(23)3/h7-13H,14H2,1-6H3,(H,28,31). The Balaban J connectivity index is 1.61. The van der Waals surface area contributed by atoms with Gasteiger partial charge in [0.15, 0.2) is 0 Å². The van der Waals surface area contributed by atoms with Crippen molar-refractivity contribution in [1.29, 1.82) is 0 Å². The number of benzene rings is 2. The number of nitrogens with zero attached hydrogens (tertiary/aromatic N) is 3. The first kappa shape index (κ1) is 22.0. The molecule has 0 aliphatic carbocycles. The molecule has 0 atom stereocenters. The summed E-state index contributed by atoms with van der Waals surface area (Å²) < 4.78 is 1.87. The maximum absolute atomic E-state index is 13.0. The van der Waals surface area contributed by atoms with E-state index in [0.717, 1.165) is 34.6 Å². The van der Waals surface area contributed by atoms with Gasteiger partial charge in [-0.1, -0.05) is 53.3 Å². The molecular formula is C26H28N4OS. The zero-order valence-corrected chi connectivity index (χ0v) is 20.2. The van der Waals surface area contributed by atoms with E-state index < -0.39 is 0 Å². The first-order valence-corrected chi connectivity index (χ1v) is 11.5. The van der Waals surface area contributed by atoms with Crippen LogP contribution in [0.2, 0.25) is 0 Å². The average Bonchev–Trinajstić information content (AvgIpc) is 3.27. The van der Waals surface area contributed by atoms with Gasteiger partial charge in [-0.15, -0.1) is 0 Å². The summed E-state index contributed by atoms with van der Waals surface area (Å²) in [5.74, 6) is -0.138. The summed E-state index contributed by atoms with van der Waals surface area (Å²) in [7, 11) is 0. The fourth-order valence-corrected chi connectivity index (χ4v) is 4.74. The molecule has 1 amide bonds. The van der Waals surface area contributed by atoms with Gasteiger partial charge in [0, 0.05) is 23.4 Å². The molecule has 1 N–H and O–H groups in total. The quantitative estimate of drug-likeness (QED) is 0.409. The van der Waals surface area contributed by atoms with Crippen molar-refractivity contribution in [2.75, 3.05) is 5.32 Å². The fourth-order valence-electron chi connectivity index (χ4n) is 3.78. The summed E-state index contributed by atoms with van der Waals surface area (Å²) in [6.45, 7) is 12.1. The summed E-state index contributed by atoms with van der Waals surface area (Å²) in [5.41, 5.74) is 9.50. The topological polar surface area (TPSA) is 59.8 Å². The molecule has 2 aromatic heterocycles. The van der Waals surface area contributed by atoms with E-state index in [0.29, 0.717) is 15.7 Å². The zero-order chi connectivity index (χ0) is 23.0. The van der Waals surface area contributed by atoms with Crippen molar-refractivity contribution in [2.45, 2.75) is 48.0 Å². The van der Waals surface area contributed by atoms with Crippen LogP contribution in [0.25, 0.3) is 5.13 Å². The molecule has 0 aliphatic rings. The van der Waals surface area contributed by atoms with Crippen LogP contribution in [0, 0.1) is 41.5 Å². The van der Waals surface area contributed by atoms with E-state index in [1.807, 2.05) is 50.6 Å². The predicted molar refractivity (Wildman–Crippen MR) is 131 cm³/mol. The number of carbonyl (C=O) groups excluding carboxylic acids is 1. The summed E-state index contributed by atoms with van der Waals surface area (Å²) in [6.07, 6.45) is 0.822. The minimum absolute atomic E-state index is 0.138. The van der Waals surface area contributed by atoms with Gasteiger partial charge in [-0.3, -0.25) is 4.79 Å². The number of amides is 1. The second-order valence-corrected chi connectivity index (χ2v) is 9.31. The highest BCUT2D eigenvalue weighted by Gasteiger charge is 2.21. The van der Waals surface area contributed by atoms with Crippen LogP contribution in [-0.2, 0) is 6.42 Å². The molecule has 0 saturated heterocycles. The number of anilines is 1. The van der Waals surface area contributed by atoms with E-state index in [4.69, 9.17) is 5.10 Å². The molecule has 0 aliphatic heterocycles. The maximum Gasteiger partial charge on any atom is 0.267 e. The molecule has 0 unspecified atom stereocenters. The summed E-state index contributed by atoms with van der Waals surface area (Å²) in [4.78, 5) is 18.3. The smallest absolute Gasteiger partial charge is 0.267 e. The van der Waals surface area contributed by atoms with Crippen molar-refractivity contribution in [3.05, 3.63) is 92.2 Å². The molecule has 2 aromatic carbocycles. The Labute approximate surface area is 193 Å². The molecule has 4 rings (SSSR count). The molecule has 0 bridgehead atoms. The van der Waals surface area contributed by atoms with E-state index in [2.05, 4.69) is 48.4 Å². The summed E-state index contributed by atoms with van der Waals surface area (Å²) in [5, 5.41) is 8.51. The van der Waals surface area contributed by atoms with Crippen LogP contribution in [-0.4, -0.2) is 20.7 Å². The Morgan fingerprint density at radius 2 is 1.69 bits per heavy atom. The Kier molecular flexibility index (Phi) is 5.98. The number of nitrogens with one attached hydrogen (secondary N) is 1. The molecule has 6 heteroatoms. The summed E-state index contributed by atoms with van der Waals surface area (Å²) in [6, 6.07) is 14.5. The number of hydrogen-bond acceptors (Lipinski definition) is 4. The summed E-state index contributed by atoms with van der Waals surface area (Å²) >= 11 is 1.37. The predicted octanol–water partition coefficient (Wildman–Crippen LogP) is 6.02. The van der Waals surface area contributed by atoms with Crippen molar-refractivity contribution < 1.29 is 4.79 Å². The molecule has 0 radical (unpaired) electrons. The van der Waals surface area contributed by atoms with Crippen molar-refractivity contribution in [3.63, 3.8) is 0 Å². The third kappa shape index (κ3) is 4.23. The molecule has 2 heterocycles. The van der Waals surface area contributed by atoms with Crippen LogP contribution in [0.1, 0.15) is 54.6 Å². The van der Waals surface area contributed by atoms with Gasteiger partial charge in [0.1, 0.15) is 4.88 Å². The van der Waals surface area contributed by atoms with Gasteiger partial charge < -0.3 is 5.32 Å². The minimum Gasteiger partial charge on any atom is -0.321 e. The highest BCUT2D eigenvalue weighted by atomic mass is 32.1. The van der Waals surface area contributed by atoms with Crippen LogP contribution in [0.3, 0.4) is 0 Å². The lowest BCUT2D eigenvalue weighted by molar-refractivity contribution is 0.102. The molecular weight excluding hydrogens is 416 g/mol. The first-order valence-electron chi connectivity index (χ1n) is 10.7. The van der Waals surface area contributed by atoms with Gasteiger partial charge >= 0.3 is 0 Å². The normalized spacial score (nSPS) is 11.1. The highest BCUT2D eigenvalue weighted by Crippen LogP contribution is 2.27. The number of aromatic nitrogens is 3. The van der Waals surface area contributed by atoms with Gasteiger partial charge in [0.05, 0.1) is 11.4 Å². The lowest BCUT2D eigenvalue weighted by Crippen LogP contribution is -2.12. The molecule has 164 valence electrons. The van der Waals surface area contributed by atoms with Gasteiger partial charge in [0.2, 0.25) is 5.13 Å². The van der Waals surface area contributed by atoms with E-state index in [9.17, 15) is 4.79 Å². The Hall–Kier alpha value is -3.25. The van der Waals surface area contributed by atoms with Crippen molar-refractivity contribution in [3.8, 4) is 5.13 Å². The van der Waals surface area contributed by atoms with Gasteiger partial charge in [-0.05, 0) is 64.3 Å². The SMILES string of the molecule is Cc1ccc(Cc2c(C)nn(-c3nc(C)c(C(=O)Nc4cccc(C)c4C)s3)c2C)cc1. The highest BCUT2D eigenvalue weighted by molar-refractivity contribution is 7.16. The fraction of sp³-hybridized carbons (Fsp3) is 0.269. The third-order valence-electron chi connectivity index (χ3n) is 5.97. The van der Waals surface area contributed by atoms with Crippen molar-refractivity contribution >= 4 is 22.9 Å². The van der Waals surface area contributed by atoms with Crippen LogP contribution < -0.4 is 5.32 Å². The van der Waals surface area contributed by atoms with Gasteiger partial charge in [-0.25, -0.2) is 9.67 Å². The van der Waals surface area contributed by atoms with Crippen LogP contribution >= 0.6 is 11.3 Å². The molecule has 0 fully saturated rings. The lowest BCUT2D eigenvalue weighted by atomic mass is 10.0. The minimum atomic E-state index is -0.138. The van der Waals surface area contributed by atoms with E-state index in [-0.39, 0.29) is 5.91 Å². The third-order valence-corrected chi connectivity index (χ3v) is 7.10. The Morgan fingerprint density at radius 3 is 2.41 bits per heavy atom. The molecule has 5 nitrogen and oxygen atoms in total. The van der Waals surface area contributed by atoms with Crippen LogP contribution in [0.5, 0.6) is 0 Å². The van der Waals surface area contributed by atoms with E-state index in [1.54, 1.807) is 0 Å². The second kappa shape index (κ2) is 8.71. The number of rotatable bonds is 5. The molecule has 4 aromatic rings. The Bertz CT molecular complexity index is 1300. The number of aryl methyl sites for hydroxylation is 4. The number of carbonyl (C=O) groups is 1. The van der Waals surface area contributed by atoms with Crippen LogP contribution in [0.15, 0.2) is 42.5 Å². The van der Waals surface area contributed by atoms with Crippen LogP contribution in [0.4, 0.5) is 5.69 Å². The van der Waals surface area contributed by atoms with Gasteiger partial charge in [0.25, 0.3) is 5.91 Å². The average molecular weight is 445 g/mol. The zero-order valence-electron chi connectivity index (χ0n) is 19.4.